The van der Waals surface area contributed by atoms with Gasteiger partial charge in [-0.25, -0.2) is 0 Å². The molecule has 1 heterocycles. The van der Waals surface area contributed by atoms with Crippen molar-refractivity contribution in [1.82, 2.24) is 5.16 Å². The smallest absolute Gasteiger partial charge is 0.269 e. The number of hydrogen-bond donors (Lipinski definition) is 0. The van der Waals surface area contributed by atoms with Crippen molar-refractivity contribution >= 4 is 17.5 Å². The fraction of sp³-hybridized carbons (Fsp3) is 0.200. The Balaban J connectivity index is 2.17. The number of nitro groups is 1. The molecule has 8 nitrogen and oxygen atoms in total. The molecule has 3 rings (SSSR count). The molecule has 0 spiro atoms. The minimum Gasteiger partial charge on any atom is -0.356 e. The second-order valence-electron chi connectivity index (χ2n) is 4.80. The number of carbonyl (C=O) groups excluding carboxylic acids is 1. The number of nitro benzene ring substituents is 1. The molecular formula is C15H12N2O6. The lowest BCUT2D eigenvalue weighted by molar-refractivity contribution is -0.384. The summed E-state index contributed by atoms with van der Waals surface area (Å²) >= 11 is 0. The van der Waals surface area contributed by atoms with Gasteiger partial charge in [-0.05, 0) is 24.3 Å². The number of fused-ring (bicyclic) bond motifs is 1. The summed E-state index contributed by atoms with van der Waals surface area (Å²) in [7, 11) is 2.69. The number of non-ortho nitro benzene ring substituents is 1. The minimum atomic E-state index is -1.65. The standard InChI is InChI=1S/C15H12N2O6/c1-21-15(22-2)12(18)8-7-11-13(15)14(16-23-11)9-3-5-10(6-4-9)17(19)20/h3-8H,1-2H3. The van der Waals surface area contributed by atoms with E-state index in [4.69, 9.17) is 14.0 Å². The molecule has 0 atom stereocenters. The molecule has 118 valence electrons. The monoisotopic (exact) mass is 316 g/mol. The molecule has 0 amide bonds. The normalized spacial score (nSPS) is 15.5. The average molecular weight is 316 g/mol. The van der Waals surface area contributed by atoms with E-state index in [0.29, 0.717) is 22.6 Å². The van der Waals surface area contributed by atoms with E-state index in [1.807, 2.05) is 0 Å². The molecule has 1 aromatic heterocycles. The third-order valence-electron chi connectivity index (χ3n) is 3.68. The molecule has 0 saturated heterocycles. The van der Waals surface area contributed by atoms with Crippen LogP contribution in [0.15, 0.2) is 34.9 Å². The predicted molar refractivity (Wildman–Crippen MR) is 78.3 cm³/mol. The number of methoxy groups -OCH3 is 2. The van der Waals surface area contributed by atoms with Crippen molar-refractivity contribution < 1.29 is 23.7 Å². The number of aromatic nitrogens is 1. The van der Waals surface area contributed by atoms with Gasteiger partial charge in [0.05, 0.1) is 10.5 Å². The first-order valence-corrected chi connectivity index (χ1v) is 6.61. The number of benzene rings is 1. The molecule has 1 aliphatic carbocycles. The van der Waals surface area contributed by atoms with Gasteiger partial charge in [0.15, 0.2) is 5.76 Å². The Hall–Kier alpha value is -2.84. The number of nitrogens with zero attached hydrogens (tertiary/aromatic N) is 2. The Kier molecular flexibility index (Phi) is 3.55. The van der Waals surface area contributed by atoms with Crippen molar-refractivity contribution in [2.75, 3.05) is 14.2 Å². The van der Waals surface area contributed by atoms with E-state index in [1.165, 1.54) is 50.6 Å². The van der Waals surface area contributed by atoms with E-state index in [9.17, 15) is 14.9 Å². The lowest BCUT2D eigenvalue weighted by atomic mass is 9.91. The summed E-state index contributed by atoms with van der Waals surface area (Å²) < 4.78 is 15.9. The highest BCUT2D eigenvalue weighted by Crippen LogP contribution is 2.41. The minimum absolute atomic E-state index is 0.0492. The number of ether oxygens (including phenoxy) is 2. The molecule has 1 aromatic carbocycles. The van der Waals surface area contributed by atoms with E-state index in [1.54, 1.807) is 0 Å². The van der Waals surface area contributed by atoms with E-state index in [2.05, 4.69) is 5.16 Å². The van der Waals surface area contributed by atoms with E-state index < -0.39 is 16.5 Å². The van der Waals surface area contributed by atoms with Gasteiger partial charge in [0.2, 0.25) is 5.78 Å². The number of hydrogen-bond acceptors (Lipinski definition) is 7. The second kappa shape index (κ2) is 5.41. The molecule has 0 radical (unpaired) electrons. The first kappa shape index (κ1) is 15.1. The van der Waals surface area contributed by atoms with Gasteiger partial charge in [-0.15, -0.1) is 0 Å². The summed E-state index contributed by atoms with van der Waals surface area (Å²) in [6, 6.07) is 5.74. The first-order valence-electron chi connectivity index (χ1n) is 6.61. The van der Waals surface area contributed by atoms with Crippen LogP contribution in [-0.2, 0) is 20.1 Å². The van der Waals surface area contributed by atoms with Gasteiger partial charge < -0.3 is 14.0 Å². The topological polar surface area (TPSA) is 105 Å². The number of ketones is 1. The number of rotatable bonds is 4. The lowest BCUT2D eigenvalue weighted by Crippen LogP contribution is -2.41. The van der Waals surface area contributed by atoms with Crippen LogP contribution in [0.25, 0.3) is 17.3 Å². The molecule has 1 aliphatic rings. The molecule has 23 heavy (non-hydrogen) atoms. The zero-order valence-electron chi connectivity index (χ0n) is 12.3. The van der Waals surface area contributed by atoms with Crippen molar-refractivity contribution in [3.05, 3.63) is 51.8 Å². The SMILES string of the molecule is COC1(OC)C(=O)C=Cc2onc(-c3ccc([N+](=O)[O-])cc3)c21. The Bertz CT molecular complexity index is 802. The van der Waals surface area contributed by atoms with Crippen molar-refractivity contribution in [1.29, 1.82) is 0 Å². The summed E-state index contributed by atoms with van der Waals surface area (Å²) in [6.07, 6.45) is 2.77. The average Bonchev–Trinajstić information content (AvgIpc) is 3.00. The Morgan fingerprint density at radius 2 is 1.83 bits per heavy atom. The molecule has 8 heteroatoms. The van der Waals surface area contributed by atoms with Crippen molar-refractivity contribution in [3.8, 4) is 11.3 Å². The third-order valence-corrected chi connectivity index (χ3v) is 3.68. The van der Waals surface area contributed by atoms with Gasteiger partial charge in [-0.3, -0.25) is 14.9 Å². The summed E-state index contributed by atoms with van der Waals surface area (Å²) in [6.45, 7) is 0. The van der Waals surface area contributed by atoms with E-state index in [-0.39, 0.29) is 5.69 Å². The van der Waals surface area contributed by atoms with Crippen LogP contribution in [0, 0.1) is 10.1 Å². The summed E-state index contributed by atoms with van der Waals surface area (Å²) in [5.74, 6) is -1.72. The van der Waals surface area contributed by atoms with Crippen LogP contribution < -0.4 is 0 Å². The largest absolute Gasteiger partial charge is 0.356 e. The van der Waals surface area contributed by atoms with E-state index in [0.717, 1.165) is 0 Å². The van der Waals surface area contributed by atoms with Crippen LogP contribution in [-0.4, -0.2) is 30.1 Å². The van der Waals surface area contributed by atoms with Gasteiger partial charge in [0, 0.05) is 31.9 Å². The molecule has 0 unspecified atom stereocenters. The Labute approximate surface area is 130 Å². The lowest BCUT2D eigenvalue weighted by Gasteiger charge is -2.29. The summed E-state index contributed by atoms with van der Waals surface area (Å²) in [5, 5.41) is 14.7. The maximum Gasteiger partial charge on any atom is 0.269 e. The molecule has 0 fully saturated rings. The second-order valence-corrected chi connectivity index (χ2v) is 4.80. The fourth-order valence-electron chi connectivity index (χ4n) is 2.55. The fourth-order valence-corrected chi connectivity index (χ4v) is 2.55. The predicted octanol–water partition coefficient (Wildman–Crippen LogP) is 2.29. The highest BCUT2D eigenvalue weighted by Gasteiger charge is 2.47. The van der Waals surface area contributed by atoms with Crippen molar-refractivity contribution in [3.63, 3.8) is 0 Å². The van der Waals surface area contributed by atoms with Gasteiger partial charge >= 0.3 is 0 Å². The molecule has 0 bridgehead atoms. The van der Waals surface area contributed by atoms with Crippen molar-refractivity contribution in [2.24, 2.45) is 0 Å². The van der Waals surface area contributed by atoms with Crippen LogP contribution in [0.4, 0.5) is 5.69 Å². The Morgan fingerprint density at radius 3 is 2.39 bits per heavy atom. The van der Waals surface area contributed by atoms with Crippen LogP contribution in [0.5, 0.6) is 0 Å². The molecule has 0 saturated carbocycles. The zero-order chi connectivity index (χ0) is 16.6. The highest BCUT2D eigenvalue weighted by atomic mass is 16.7. The summed E-state index contributed by atoms with van der Waals surface area (Å²) in [4.78, 5) is 22.5. The Morgan fingerprint density at radius 1 is 1.17 bits per heavy atom. The first-order chi connectivity index (χ1) is 11.0. The van der Waals surface area contributed by atoms with Crippen molar-refractivity contribution in [2.45, 2.75) is 5.79 Å². The maximum atomic E-state index is 12.3. The van der Waals surface area contributed by atoms with Crippen LogP contribution >= 0.6 is 0 Å². The summed E-state index contributed by atoms with van der Waals surface area (Å²) in [5.41, 5.74) is 1.16. The van der Waals surface area contributed by atoms with Gasteiger partial charge in [-0.1, -0.05) is 5.16 Å². The van der Waals surface area contributed by atoms with Crippen LogP contribution in [0.2, 0.25) is 0 Å². The zero-order valence-corrected chi connectivity index (χ0v) is 12.3. The quantitative estimate of drug-likeness (QED) is 0.484. The maximum absolute atomic E-state index is 12.3. The number of carbonyl (C=O) groups is 1. The molecule has 2 aromatic rings. The van der Waals surface area contributed by atoms with Gasteiger partial charge in [0.1, 0.15) is 5.69 Å². The van der Waals surface area contributed by atoms with Gasteiger partial charge in [0.25, 0.3) is 11.5 Å². The molecule has 0 N–H and O–H groups in total. The third kappa shape index (κ3) is 2.16. The van der Waals surface area contributed by atoms with Crippen LogP contribution in [0.3, 0.4) is 0 Å². The molecule has 0 aliphatic heterocycles. The highest BCUT2D eigenvalue weighted by molar-refractivity contribution is 6.03. The van der Waals surface area contributed by atoms with Gasteiger partial charge in [-0.2, -0.15) is 0 Å². The van der Waals surface area contributed by atoms with Crippen LogP contribution in [0.1, 0.15) is 11.3 Å². The molecular weight excluding hydrogens is 304 g/mol. The van der Waals surface area contributed by atoms with E-state index >= 15 is 0 Å².